The maximum absolute atomic E-state index is 13.4. The van der Waals surface area contributed by atoms with Gasteiger partial charge in [-0.25, -0.2) is 18.6 Å². The second-order valence-corrected chi connectivity index (χ2v) is 5.60. The third-order valence-electron chi connectivity index (χ3n) is 3.20. The molecule has 0 saturated carbocycles. The van der Waals surface area contributed by atoms with Crippen molar-refractivity contribution in [3.8, 4) is 0 Å². The van der Waals surface area contributed by atoms with Crippen molar-refractivity contribution < 1.29 is 23.0 Å². The fourth-order valence-corrected chi connectivity index (χ4v) is 2.70. The van der Waals surface area contributed by atoms with Gasteiger partial charge >= 0.3 is 5.97 Å². The van der Waals surface area contributed by atoms with Gasteiger partial charge < -0.3 is 14.8 Å². The highest BCUT2D eigenvalue weighted by Crippen LogP contribution is 2.24. The molecule has 1 heterocycles. The van der Waals surface area contributed by atoms with Crippen LogP contribution in [0, 0.1) is 11.6 Å². The first-order valence-electron chi connectivity index (χ1n) is 6.74. The molecule has 1 atom stereocenters. The zero-order valence-electron chi connectivity index (χ0n) is 12.9. The molecule has 0 radical (unpaired) electrons. The standard InChI is InChI=1S/C15H16F2N2O3S/c1-8(21-2)14-19-9(7-23-14)6-18-13-5-12(17)11(16)4-10(13)15(20)22-3/h4-5,7-8,18H,6H2,1-3H3. The van der Waals surface area contributed by atoms with Crippen molar-refractivity contribution in [2.75, 3.05) is 19.5 Å². The van der Waals surface area contributed by atoms with Crippen LogP contribution in [0.25, 0.3) is 0 Å². The summed E-state index contributed by atoms with van der Waals surface area (Å²) in [5.41, 5.74) is 0.770. The van der Waals surface area contributed by atoms with Crippen molar-refractivity contribution in [3.05, 3.63) is 45.4 Å². The zero-order valence-corrected chi connectivity index (χ0v) is 13.7. The predicted octanol–water partition coefficient (Wildman–Crippen LogP) is 3.53. The summed E-state index contributed by atoms with van der Waals surface area (Å²) in [6, 6.07) is 1.73. The minimum Gasteiger partial charge on any atom is -0.465 e. The number of esters is 1. The number of nitrogens with zero attached hydrogens (tertiary/aromatic N) is 1. The van der Waals surface area contributed by atoms with Gasteiger partial charge in [-0.1, -0.05) is 0 Å². The number of benzene rings is 1. The van der Waals surface area contributed by atoms with E-state index in [-0.39, 0.29) is 23.9 Å². The Morgan fingerprint density at radius 1 is 1.35 bits per heavy atom. The Morgan fingerprint density at radius 2 is 2.04 bits per heavy atom. The van der Waals surface area contributed by atoms with E-state index >= 15 is 0 Å². The smallest absolute Gasteiger partial charge is 0.340 e. The number of methoxy groups -OCH3 is 2. The molecule has 8 heteroatoms. The summed E-state index contributed by atoms with van der Waals surface area (Å²) in [5.74, 6) is -2.91. The van der Waals surface area contributed by atoms with E-state index in [1.54, 1.807) is 7.11 Å². The average molecular weight is 342 g/mol. The quantitative estimate of drug-likeness (QED) is 0.814. The summed E-state index contributed by atoms with van der Waals surface area (Å²) in [4.78, 5) is 16.0. The molecule has 0 aliphatic carbocycles. The van der Waals surface area contributed by atoms with Crippen molar-refractivity contribution >= 4 is 23.0 Å². The molecule has 1 N–H and O–H groups in total. The molecule has 2 rings (SSSR count). The molecule has 1 aromatic carbocycles. The number of anilines is 1. The number of rotatable bonds is 6. The maximum atomic E-state index is 13.4. The number of hydrogen-bond donors (Lipinski definition) is 1. The number of carbonyl (C=O) groups excluding carboxylic acids is 1. The molecule has 124 valence electrons. The monoisotopic (exact) mass is 342 g/mol. The fourth-order valence-electron chi connectivity index (χ4n) is 1.85. The van der Waals surface area contributed by atoms with Crippen LogP contribution in [0.2, 0.25) is 0 Å². The van der Waals surface area contributed by atoms with Crippen LogP contribution in [0.15, 0.2) is 17.5 Å². The molecule has 5 nitrogen and oxygen atoms in total. The normalized spacial score (nSPS) is 12.0. The molecule has 23 heavy (non-hydrogen) atoms. The third kappa shape index (κ3) is 4.02. The van der Waals surface area contributed by atoms with Crippen molar-refractivity contribution in [2.45, 2.75) is 19.6 Å². The Morgan fingerprint density at radius 3 is 2.70 bits per heavy atom. The number of ether oxygens (including phenoxy) is 2. The van der Waals surface area contributed by atoms with Gasteiger partial charge in [-0.15, -0.1) is 11.3 Å². The van der Waals surface area contributed by atoms with E-state index in [9.17, 15) is 13.6 Å². The van der Waals surface area contributed by atoms with Gasteiger partial charge in [0, 0.05) is 18.6 Å². The van der Waals surface area contributed by atoms with Gasteiger partial charge in [0.1, 0.15) is 11.1 Å². The van der Waals surface area contributed by atoms with E-state index in [1.807, 2.05) is 12.3 Å². The predicted molar refractivity (Wildman–Crippen MR) is 82.6 cm³/mol. The van der Waals surface area contributed by atoms with Gasteiger partial charge in [0.05, 0.1) is 30.6 Å². The van der Waals surface area contributed by atoms with Crippen LogP contribution < -0.4 is 5.32 Å². The summed E-state index contributed by atoms with van der Waals surface area (Å²) in [6.45, 7) is 2.13. The van der Waals surface area contributed by atoms with Crippen LogP contribution in [0.5, 0.6) is 0 Å². The Hall–Kier alpha value is -2.06. The van der Waals surface area contributed by atoms with Crippen LogP contribution in [0.3, 0.4) is 0 Å². The molecule has 0 saturated heterocycles. The van der Waals surface area contributed by atoms with Crippen molar-refractivity contribution in [3.63, 3.8) is 0 Å². The first-order valence-corrected chi connectivity index (χ1v) is 7.62. The van der Waals surface area contributed by atoms with Crippen molar-refractivity contribution in [1.29, 1.82) is 0 Å². The summed E-state index contributed by atoms with van der Waals surface area (Å²) in [6.07, 6.45) is -0.123. The van der Waals surface area contributed by atoms with Gasteiger partial charge in [0.2, 0.25) is 0 Å². The van der Waals surface area contributed by atoms with E-state index in [4.69, 9.17) is 4.74 Å². The molecule has 0 fully saturated rings. The largest absolute Gasteiger partial charge is 0.465 e. The topological polar surface area (TPSA) is 60.5 Å². The zero-order chi connectivity index (χ0) is 17.0. The number of thiazole rings is 1. The van der Waals surface area contributed by atoms with Gasteiger partial charge in [-0.3, -0.25) is 0 Å². The van der Waals surface area contributed by atoms with E-state index in [0.29, 0.717) is 5.69 Å². The first-order chi connectivity index (χ1) is 11.0. The minimum absolute atomic E-state index is 0.0767. The minimum atomic E-state index is -1.11. The molecular weight excluding hydrogens is 326 g/mol. The Bertz CT molecular complexity index is 706. The highest BCUT2D eigenvalue weighted by atomic mass is 32.1. The molecule has 0 spiro atoms. The van der Waals surface area contributed by atoms with Crippen molar-refractivity contribution in [1.82, 2.24) is 4.98 Å². The van der Waals surface area contributed by atoms with Crippen LogP contribution >= 0.6 is 11.3 Å². The lowest BCUT2D eigenvalue weighted by atomic mass is 10.1. The first kappa shape index (κ1) is 17.3. The van der Waals surface area contributed by atoms with Crippen LogP contribution in [0.1, 0.15) is 34.1 Å². The molecule has 1 unspecified atom stereocenters. The van der Waals surface area contributed by atoms with Gasteiger partial charge in [-0.2, -0.15) is 0 Å². The molecule has 0 bridgehead atoms. The summed E-state index contributed by atoms with van der Waals surface area (Å²) >= 11 is 1.44. The number of halogens is 2. The molecule has 2 aromatic rings. The highest BCUT2D eigenvalue weighted by molar-refractivity contribution is 7.09. The Kier molecular flexibility index (Phi) is 5.62. The lowest BCUT2D eigenvalue weighted by Gasteiger charge is -2.10. The van der Waals surface area contributed by atoms with Crippen LogP contribution in [0.4, 0.5) is 14.5 Å². The average Bonchev–Trinajstić information content (AvgIpc) is 3.03. The third-order valence-corrected chi connectivity index (χ3v) is 4.25. The van der Waals surface area contributed by atoms with E-state index in [2.05, 4.69) is 15.0 Å². The molecular formula is C15H16F2N2O3S. The number of hydrogen-bond acceptors (Lipinski definition) is 6. The van der Waals surface area contributed by atoms with E-state index < -0.39 is 17.6 Å². The van der Waals surface area contributed by atoms with Crippen LogP contribution in [-0.2, 0) is 16.0 Å². The Balaban J connectivity index is 2.18. The summed E-state index contributed by atoms with van der Waals surface area (Å²) < 4.78 is 36.5. The van der Waals surface area contributed by atoms with Crippen LogP contribution in [-0.4, -0.2) is 25.2 Å². The lowest BCUT2D eigenvalue weighted by Crippen LogP contribution is -2.10. The van der Waals surface area contributed by atoms with Gasteiger partial charge in [0.15, 0.2) is 11.6 Å². The SMILES string of the molecule is COC(=O)c1cc(F)c(F)cc1NCc1csc(C(C)OC)n1. The van der Waals surface area contributed by atoms with Crippen molar-refractivity contribution in [2.24, 2.45) is 0 Å². The van der Waals surface area contributed by atoms with Gasteiger partial charge in [0.25, 0.3) is 0 Å². The molecule has 0 amide bonds. The van der Waals surface area contributed by atoms with E-state index in [1.165, 1.54) is 18.4 Å². The second-order valence-electron chi connectivity index (χ2n) is 4.71. The maximum Gasteiger partial charge on any atom is 0.340 e. The molecule has 0 aliphatic rings. The number of aromatic nitrogens is 1. The lowest BCUT2D eigenvalue weighted by molar-refractivity contribution is 0.0601. The number of nitrogens with one attached hydrogen (secondary N) is 1. The molecule has 0 aliphatic heterocycles. The Labute approximate surface area is 136 Å². The fraction of sp³-hybridized carbons (Fsp3) is 0.333. The van der Waals surface area contributed by atoms with Gasteiger partial charge in [-0.05, 0) is 13.0 Å². The summed E-state index contributed by atoms with van der Waals surface area (Å²) in [5, 5.41) is 5.52. The molecule has 1 aromatic heterocycles. The highest BCUT2D eigenvalue weighted by Gasteiger charge is 2.17. The number of carbonyl (C=O) groups is 1. The summed E-state index contributed by atoms with van der Waals surface area (Å²) in [7, 11) is 2.76. The van der Waals surface area contributed by atoms with E-state index in [0.717, 1.165) is 17.1 Å². The second kappa shape index (κ2) is 7.47.